The van der Waals surface area contributed by atoms with Gasteiger partial charge in [-0.3, -0.25) is 9.58 Å². The van der Waals surface area contributed by atoms with Crippen LogP contribution in [-0.4, -0.2) is 66.1 Å². The fraction of sp³-hybridized carbons (Fsp3) is 0.394. The molecule has 2 aliphatic rings. The Hall–Kier alpha value is -4.42. The monoisotopic (exact) mass is 616 g/mol. The number of hydrogen-bond donors (Lipinski definition) is 1. The number of aromatic nitrogens is 5. The highest BCUT2D eigenvalue weighted by Gasteiger charge is 2.26. The van der Waals surface area contributed by atoms with Gasteiger partial charge in [-0.1, -0.05) is 18.2 Å². The van der Waals surface area contributed by atoms with Crippen LogP contribution in [0.15, 0.2) is 54.6 Å². The maximum Gasteiger partial charge on any atom is 0.335 e. The molecule has 1 N–H and O–H groups in total. The Morgan fingerprint density at radius 1 is 1.07 bits per heavy atom. The van der Waals surface area contributed by atoms with Crippen LogP contribution in [0.25, 0.3) is 21.9 Å². The first-order valence-corrected chi connectivity index (χ1v) is 15.2. The highest BCUT2D eigenvalue weighted by atomic mass is 19.3. The molecule has 5 heterocycles. The molecule has 3 aromatic heterocycles. The number of piperidine rings is 1. The molecule has 0 bridgehead atoms. The first-order chi connectivity index (χ1) is 21.8. The third-order valence-corrected chi connectivity index (χ3v) is 8.91. The number of carboxylic acid groups (broad SMARTS) is 1. The van der Waals surface area contributed by atoms with E-state index in [4.69, 9.17) is 19.4 Å². The Labute approximate surface area is 258 Å². The number of benzene rings is 2. The van der Waals surface area contributed by atoms with Gasteiger partial charge in [0.1, 0.15) is 18.1 Å². The molecule has 2 aromatic carbocycles. The van der Waals surface area contributed by atoms with Gasteiger partial charge in [0.15, 0.2) is 0 Å². The van der Waals surface area contributed by atoms with Gasteiger partial charge in [0, 0.05) is 36.7 Å². The normalized spacial score (nSPS) is 17.7. The van der Waals surface area contributed by atoms with Gasteiger partial charge in [-0.15, -0.1) is 0 Å². The smallest absolute Gasteiger partial charge is 0.335 e. The highest BCUT2D eigenvalue weighted by molar-refractivity contribution is 5.92. The number of halogens is 2. The van der Waals surface area contributed by atoms with E-state index in [1.807, 2.05) is 24.3 Å². The summed E-state index contributed by atoms with van der Waals surface area (Å²) in [5.74, 6) is 0.794. The molecule has 2 aliphatic heterocycles. The Morgan fingerprint density at radius 2 is 1.89 bits per heavy atom. The number of carbonyl (C=O) groups is 1. The zero-order valence-corrected chi connectivity index (χ0v) is 24.9. The molecule has 0 saturated carbocycles. The molecule has 7 rings (SSSR count). The molecule has 1 atom stereocenters. The number of likely N-dealkylation sites (tertiary alicyclic amines) is 1. The fourth-order valence-electron chi connectivity index (χ4n) is 6.33. The van der Waals surface area contributed by atoms with Crippen molar-refractivity contribution in [3.05, 3.63) is 82.9 Å². The first kappa shape index (κ1) is 29.3. The largest absolute Gasteiger partial charge is 0.478 e. The van der Waals surface area contributed by atoms with Crippen LogP contribution in [0, 0.1) is 0 Å². The Bertz CT molecular complexity index is 1860. The van der Waals surface area contributed by atoms with E-state index in [1.165, 1.54) is 4.68 Å². The molecule has 0 aliphatic carbocycles. The van der Waals surface area contributed by atoms with Gasteiger partial charge < -0.3 is 19.1 Å². The summed E-state index contributed by atoms with van der Waals surface area (Å²) in [5, 5.41) is 13.9. The second-order valence-corrected chi connectivity index (χ2v) is 11.8. The standard InChI is InChI=1S/C33H34F2N6O4/c1-39-27-15-20(5-7-24(27)31(38-39)32(34)35)19-45-30-4-2-3-25(37-30)21-9-12-40(13-10-21)18-29-36-26-8-6-22(33(42)43)16-28(26)41(29)17-23-11-14-44-23/h2-8,15-16,21,23,32H,9-14,17-19H2,1H3,(H,42,43)/t23-/m0/s1. The zero-order chi connectivity index (χ0) is 31.1. The lowest BCUT2D eigenvalue weighted by atomic mass is 9.93. The number of aromatic carboxylic acids is 1. The van der Waals surface area contributed by atoms with Gasteiger partial charge >= 0.3 is 5.97 Å². The lowest BCUT2D eigenvalue weighted by Crippen LogP contribution is -2.35. The van der Waals surface area contributed by atoms with Crippen molar-refractivity contribution in [3.8, 4) is 5.88 Å². The summed E-state index contributed by atoms with van der Waals surface area (Å²) >= 11 is 0. The van der Waals surface area contributed by atoms with Crippen LogP contribution < -0.4 is 4.74 Å². The summed E-state index contributed by atoms with van der Waals surface area (Å²) < 4.78 is 41.9. The van der Waals surface area contributed by atoms with Crippen molar-refractivity contribution in [2.45, 2.75) is 57.4 Å². The number of alkyl halides is 2. The number of fused-ring (bicyclic) bond motifs is 2. The maximum atomic E-state index is 13.3. The van der Waals surface area contributed by atoms with E-state index in [9.17, 15) is 18.7 Å². The minimum absolute atomic E-state index is 0.123. The molecule has 234 valence electrons. The number of hydrogen-bond acceptors (Lipinski definition) is 7. The first-order valence-electron chi connectivity index (χ1n) is 15.2. The third-order valence-electron chi connectivity index (χ3n) is 8.91. The summed E-state index contributed by atoms with van der Waals surface area (Å²) in [4.78, 5) is 23.7. The molecule has 45 heavy (non-hydrogen) atoms. The maximum absolute atomic E-state index is 13.3. The molecule has 0 spiro atoms. The van der Waals surface area contributed by atoms with Gasteiger partial charge in [0.2, 0.25) is 5.88 Å². The van der Waals surface area contributed by atoms with Crippen LogP contribution in [0.5, 0.6) is 5.88 Å². The molecule has 0 radical (unpaired) electrons. The van der Waals surface area contributed by atoms with Crippen molar-refractivity contribution in [3.63, 3.8) is 0 Å². The van der Waals surface area contributed by atoms with E-state index in [0.717, 1.165) is 67.1 Å². The lowest BCUT2D eigenvalue weighted by Gasteiger charge is -2.32. The SMILES string of the molecule is Cn1nc(C(F)F)c2ccc(COc3cccc(C4CCN(Cc5nc6ccc(C(=O)O)cc6n5C[C@@H]5CCO5)CC4)n3)cc21. The number of pyridine rings is 1. The van der Waals surface area contributed by atoms with Crippen molar-refractivity contribution in [2.24, 2.45) is 7.05 Å². The van der Waals surface area contributed by atoms with E-state index in [1.54, 1.807) is 37.4 Å². The Kier molecular flexibility index (Phi) is 7.92. The minimum Gasteiger partial charge on any atom is -0.478 e. The topological polar surface area (TPSA) is 108 Å². The van der Waals surface area contributed by atoms with Gasteiger partial charge in [-0.05, 0) is 68.2 Å². The average molecular weight is 617 g/mol. The van der Waals surface area contributed by atoms with Crippen LogP contribution in [0.1, 0.15) is 64.7 Å². The molecular formula is C33H34F2N6O4. The number of aryl methyl sites for hydroxylation is 1. The summed E-state index contributed by atoms with van der Waals surface area (Å²) in [6, 6.07) is 16.2. The summed E-state index contributed by atoms with van der Waals surface area (Å²) in [6.07, 6.45) is 0.363. The lowest BCUT2D eigenvalue weighted by molar-refractivity contribution is -0.0592. The van der Waals surface area contributed by atoms with Crippen LogP contribution >= 0.6 is 0 Å². The van der Waals surface area contributed by atoms with Crippen molar-refractivity contribution >= 4 is 27.9 Å². The molecule has 10 nitrogen and oxygen atoms in total. The Morgan fingerprint density at radius 3 is 2.62 bits per heavy atom. The van der Waals surface area contributed by atoms with Crippen molar-refractivity contribution in [1.29, 1.82) is 0 Å². The van der Waals surface area contributed by atoms with Crippen LogP contribution in [0.4, 0.5) is 8.78 Å². The predicted molar refractivity (Wildman–Crippen MR) is 163 cm³/mol. The predicted octanol–water partition coefficient (Wildman–Crippen LogP) is 5.70. The van der Waals surface area contributed by atoms with Crippen LogP contribution in [-0.2, 0) is 31.5 Å². The molecule has 0 amide bonds. The number of imidazole rings is 1. The Balaban J connectivity index is 0.995. The number of rotatable bonds is 10. The summed E-state index contributed by atoms with van der Waals surface area (Å²) in [6.45, 7) is 4.12. The second-order valence-electron chi connectivity index (χ2n) is 11.8. The molecule has 0 unspecified atom stereocenters. The van der Waals surface area contributed by atoms with Gasteiger partial charge in [-0.25, -0.2) is 23.5 Å². The molecule has 12 heteroatoms. The third kappa shape index (κ3) is 5.99. The van der Waals surface area contributed by atoms with Crippen molar-refractivity contribution < 1.29 is 28.2 Å². The average Bonchev–Trinajstić information content (AvgIpc) is 3.54. The van der Waals surface area contributed by atoms with E-state index in [-0.39, 0.29) is 24.0 Å². The van der Waals surface area contributed by atoms with E-state index in [0.29, 0.717) is 35.8 Å². The van der Waals surface area contributed by atoms with Crippen LogP contribution in [0.3, 0.4) is 0 Å². The molecular weight excluding hydrogens is 582 g/mol. The second kappa shape index (κ2) is 12.2. The summed E-state index contributed by atoms with van der Waals surface area (Å²) in [5.41, 5.74) is 4.14. The van der Waals surface area contributed by atoms with Crippen LogP contribution in [0.2, 0.25) is 0 Å². The summed E-state index contributed by atoms with van der Waals surface area (Å²) in [7, 11) is 1.66. The van der Waals surface area contributed by atoms with Gasteiger partial charge in [0.25, 0.3) is 6.43 Å². The minimum atomic E-state index is -2.63. The zero-order valence-electron chi connectivity index (χ0n) is 24.9. The van der Waals surface area contributed by atoms with E-state index in [2.05, 4.69) is 14.6 Å². The van der Waals surface area contributed by atoms with Gasteiger partial charge in [-0.2, -0.15) is 5.10 Å². The van der Waals surface area contributed by atoms with E-state index >= 15 is 0 Å². The molecule has 2 fully saturated rings. The van der Waals surface area contributed by atoms with E-state index < -0.39 is 12.4 Å². The highest BCUT2D eigenvalue weighted by Crippen LogP contribution is 2.31. The fourth-order valence-corrected chi connectivity index (χ4v) is 6.33. The quantitative estimate of drug-likeness (QED) is 0.213. The number of nitrogens with zero attached hydrogens (tertiary/aromatic N) is 6. The number of carboxylic acids is 1. The number of ether oxygens (including phenoxy) is 2. The van der Waals surface area contributed by atoms with Gasteiger partial charge in [0.05, 0.1) is 41.3 Å². The molecule has 5 aromatic rings. The molecule has 2 saturated heterocycles. The van der Waals surface area contributed by atoms with Crippen molar-refractivity contribution in [2.75, 3.05) is 19.7 Å². The van der Waals surface area contributed by atoms with Crippen molar-refractivity contribution in [1.82, 2.24) is 29.2 Å².